The summed E-state index contributed by atoms with van der Waals surface area (Å²) in [5, 5.41) is 9.08. The van der Waals surface area contributed by atoms with Crippen molar-refractivity contribution < 1.29 is 14.6 Å². The van der Waals surface area contributed by atoms with Crippen LogP contribution in [0.1, 0.15) is 23.3 Å². The predicted molar refractivity (Wildman–Crippen MR) is 54.4 cm³/mol. The highest BCUT2D eigenvalue weighted by Gasteiger charge is 2.22. The molecule has 1 N–H and O–H groups in total. The van der Waals surface area contributed by atoms with Gasteiger partial charge in [-0.3, -0.25) is 0 Å². The van der Waals surface area contributed by atoms with Crippen molar-refractivity contribution in [3.05, 3.63) is 22.8 Å². The van der Waals surface area contributed by atoms with Crippen LogP contribution in [0.5, 0.6) is 5.88 Å². The van der Waals surface area contributed by atoms with Gasteiger partial charge in [-0.1, -0.05) is 11.6 Å². The first-order valence-electron chi connectivity index (χ1n) is 4.69. The van der Waals surface area contributed by atoms with Crippen molar-refractivity contribution in [2.75, 3.05) is 6.61 Å². The number of carbonyl (C=O) groups is 1. The Labute approximate surface area is 91.8 Å². The summed E-state index contributed by atoms with van der Waals surface area (Å²) < 4.78 is 5.35. The molecule has 15 heavy (non-hydrogen) atoms. The molecule has 80 valence electrons. The first-order chi connectivity index (χ1) is 7.16. The Hall–Kier alpha value is -1.29. The van der Waals surface area contributed by atoms with Gasteiger partial charge in [0, 0.05) is 0 Å². The van der Waals surface area contributed by atoms with E-state index in [9.17, 15) is 4.79 Å². The van der Waals surface area contributed by atoms with Gasteiger partial charge in [0.15, 0.2) is 5.69 Å². The SMILES string of the molecule is O=C(O)c1ccc(Cl)c(OCC2CC2)n1. The molecule has 0 bridgehead atoms. The molecule has 0 atom stereocenters. The van der Waals surface area contributed by atoms with E-state index in [2.05, 4.69) is 4.98 Å². The Bertz CT molecular complexity index is 390. The first-order valence-corrected chi connectivity index (χ1v) is 5.07. The zero-order valence-corrected chi connectivity index (χ0v) is 8.70. The van der Waals surface area contributed by atoms with Crippen LogP contribution in [-0.2, 0) is 0 Å². The fraction of sp³-hybridized carbons (Fsp3) is 0.400. The molecule has 1 heterocycles. The average Bonchev–Trinajstić information content (AvgIpc) is 3.00. The second-order valence-electron chi connectivity index (χ2n) is 3.54. The minimum Gasteiger partial charge on any atom is -0.477 e. The minimum absolute atomic E-state index is 0.0507. The highest BCUT2D eigenvalue weighted by molar-refractivity contribution is 6.31. The van der Waals surface area contributed by atoms with Gasteiger partial charge in [-0.15, -0.1) is 0 Å². The van der Waals surface area contributed by atoms with E-state index in [1.165, 1.54) is 12.1 Å². The fourth-order valence-electron chi connectivity index (χ4n) is 1.13. The average molecular weight is 228 g/mol. The number of aromatic carboxylic acids is 1. The lowest BCUT2D eigenvalue weighted by atomic mass is 10.3. The van der Waals surface area contributed by atoms with E-state index in [1.807, 2.05) is 0 Å². The lowest BCUT2D eigenvalue weighted by molar-refractivity contribution is 0.0689. The number of rotatable bonds is 4. The summed E-state index contributed by atoms with van der Waals surface area (Å²) >= 11 is 5.82. The monoisotopic (exact) mass is 227 g/mol. The Kier molecular flexibility index (Phi) is 2.77. The van der Waals surface area contributed by atoms with E-state index in [1.54, 1.807) is 0 Å². The van der Waals surface area contributed by atoms with Gasteiger partial charge >= 0.3 is 5.97 Å². The van der Waals surface area contributed by atoms with Crippen LogP contribution in [0.2, 0.25) is 5.02 Å². The summed E-state index contributed by atoms with van der Waals surface area (Å²) in [6.07, 6.45) is 2.33. The maximum Gasteiger partial charge on any atom is 0.354 e. The fourth-order valence-corrected chi connectivity index (χ4v) is 1.28. The number of hydrogen-bond donors (Lipinski definition) is 1. The third-order valence-electron chi connectivity index (χ3n) is 2.19. The van der Waals surface area contributed by atoms with E-state index < -0.39 is 5.97 Å². The molecule has 0 spiro atoms. The number of hydrogen-bond acceptors (Lipinski definition) is 3. The Morgan fingerprint density at radius 1 is 1.60 bits per heavy atom. The van der Waals surface area contributed by atoms with Crippen molar-refractivity contribution in [1.82, 2.24) is 4.98 Å². The molecular formula is C10H10ClNO3. The molecule has 1 aliphatic rings. The standard InChI is InChI=1S/C10H10ClNO3/c11-7-3-4-8(10(13)14)12-9(7)15-5-6-1-2-6/h3-4,6H,1-2,5H2,(H,13,14). The molecule has 0 saturated heterocycles. The lowest BCUT2D eigenvalue weighted by Crippen LogP contribution is -2.05. The van der Waals surface area contributed by atoms with Crippen LogP contribution in [0.4, 0.5) is 0 Å². The van der Waals surface area contributed by atoms with Gasteiger partial charge in [-0.05, 0) is 30.9 Å². The molecule has 1 aliphatic carbocycles. The quantitative estimate of drug-likeness (QED) is 0.857. The minimum atomic E-state index is -1.08. The van der Waals surface area contributed by atoms with Crippen molar-refractivity contribution >= 4 is 17.6 Å². The second kappa shape index (κ2) is 4.06. The van der Waals surface area contributed by atoms with Crippen molar-refractivity contribution in [3.8, 4) is 5.88 Å². The molecule has 4 nitrogen and oxygen atoms in total. The van der Waals surface area contributed by atoms with Crippen molar-refractivity contribution in [1.29, 1.82) is 0 Å². The predicted octanol–water partition coefficient (Wildman–Crippen LogP) is 2.22. The number of carboxylic acid groups (broad SMARTS) is 1. The summed E-state index contributed by atoms with van der Waals surface area (Å²) in [5.41, 5.74) is -0.0507. The number of halogens is 1. The second-order valence-corrected chi connectivity index (χ2v) is 3.95. The maximum atomic E-state index is 10.7. The summed E-state index contributed by atoms with van der Waals surface area (Å²) in [4.78, 5) is 14.5. The van der Waals surface area contributed by atoms with Gasteiger partial charge in [0.05, 0.1) is 6.61 Å². The Morgan fingerprint density at radius 2 is 2.33 bits per heavy atom. The van der Waals surface area contributed by atoms with Gasteiger partial charge in [0.1, 0.15) is 5.02 Å². The number of carboxylic acids is 1. The number of nitrogens with zero attached hydrogens (tertiary/aromatic N) is 1. The molecule has 1 aromatic heterocycles. The largest absolute Gasteiger partial charge is 0.477 e. The molecule has 1 aromatic rings. The van der Waals surface area contributed by atoms with E-state index in [4.69, 9.17) is 21.4 Å². The number of ether oxygens (including phenoxy) is 1. The highest BCUT2D eigenvalue weighted by Crippen LogP contribution is 2.30. The van der Waals surface area contributed by atoms with Crippen molar-refractivity contribution in [2.45, 2.75) is 12.8 Å². The highest BCUT2D eigenvalue weighted by atomic mass is 35.5. The number of pyridine rings is 1. The van der Waals surface area contributed by atoms with Crippen LogP contribution in [0.3, 0.4) is 0 Å². The molecular weight excluding hydrogens is 218 g/mol. The maximum absolute atomic E-state index is 10.7. The van der Waals surface area contributed by atoms with Crippen LogP contribution < -0.4 is 4.74 Å². The van der Waals surface area contributed by atoms with Crippen molar-refractivity contribution in [3.63, 3.8) is 0 Å². The van der Waals surface area contributed by atoms with Crippen molar-refractivity contribution in [2.24, 2.45) is 5.92 Å². The zero-order chi connectivity index (χ0) is 10.8. The van der Waals surface area contributed by atoms with Crippen LogP contribution in [0.25, 0.3) is 0 Å². The van der Waals surface area contributed by atoms with Crippen LogP contribution in [-0.4, -0.2) is 22.7 Å². The smallest absolute Gasteiger partial charge is 0.354 e. The molecule has 2 rings (SSSR count). The van der Waals surface area contributed by atoms with Gasteiger partial charge in [0.2, 0.25) is 5.88 Å². The zero-order valence-electron chi connectivity index (χ0n) is 7.94. The molecule has 1 saturated carbocycles. The van der Waals surface area contributed by atoms with Gasteiger partial charge in [-0.2, -0.15) is 0 Å². The summed E-state index contributed by atoms with van der Waals surface area (Å²) in [7, 11) is 0. The molecule has 5 heteroatoms. The number of aromatic nitrogens is 1. The van der Waals surface area contributed by atoms with Crippen LogP contribution >= 0.6 is 11.6 Å². The molecule has 0 aliphatic heterocycles. The molecule has 0 aromatic carbocycles. The normalized spacial score (nSPS) is 15.0. The molecule has 0 radical (unpaired) electrons. The topological polar surface area (TPSA) is 59.4 Å². The van der Waals surface area contributed by atoms with Gasteiger partial charge < -0.3 is 9.84 Å². The van der Waals surface area contributed by atoms with E-state index >= 15 is 0 Å². The van der Waals surface area contributed by atoms with E-state index in [0.29, 0.717) is 17.5 Å². The molecule has 1 fully saturated rings. The summed E-state index contributed by atoms with van der Waals surface area (Å²) in [6.45, 7) is 0.565. The lowest BCUT2D eigenvalue weighted by Gasteiger charge is -2.06. The van der Waals surface area contributed by atoms with Gasteiger partial charge in [0.25, 0.3) is 0 Å². The summed E-state index contributed by atoms with van der Waals surface area (Å²) in [6, 6.07) is 2.84. The Balaban J connectivity index is 2.12. The summed E-state index contributed by atoms with van der Waals surface area (Å²) in [5.74, 6) is -0.289. The third kappa shape index (κ3) is 2.59. The van der Waals surface area contributed by atoms with Gasteiger partial charge in [-0.25, -0.2) is 9.78 Å². The Morgan fingerprint density at radius 3 is 2.93 bits per heavy atom. The van der Waals surface area contributed by atoms with Crippen LogP contribution in [0.15, 0.2) is 12.1 Å². The van der Waals surface area contributed by atoms with E-state index in [-0.39, 0.29) is 11.6 Å². The molecule has 0 unspecified atom stereocenters. The first kappa shape index (κ1) is 10.2. The third-order valence-corrected chi connectivity index (χ3v) is 2.47. The van der Waals surface area contributed by atoms with E-state index in [0.717, 1.165) is 12.8 Å². The van der Waals surface area contributed by atoms with Crippen LogP contribution in [0, 0.1) is 5.92 Å². The molecule has 0 amide bonds.